The summed E-state index contributed by atoms with van der Waals surface area (Å²) in [6.07, 6.45) is 0.678. The number of carboxylic acids is 1. The van der Waals surface area contributed by atoms with E-state index in [0.29, 0.717) is 18.7 Å². The Balaban J connectivity index is 1.62. The zero-order valence-corrected chi connectivity index (χ0v) is 16.2. The van der Waals surface area contributed by atoms with Gasteiger partial charge in [0.1, 0.15) is 25.2 Å². The minimum absolute atomic E-state index is 0.142. The van der Waals surface area contributed by atoms with Crippen molar-refractivity contribution in [2.24, 2.45) is 5.16 Å². The van der Waals surface area contributed by atoms with Crippen LogP contribution in [0.15, 0.2) is 84.0 Å². The molecule has 0 amide bonds. The molecule has 3 rings (SSSR count). The van der Waals surface area contributed by atoms with Gasteiger partial charge in [0, 0.05) is 12.0 Å². The Morgan fingerprint density at radius 2 is 1.52 bits per heavy atom. The number of aryl methyl sites for hydroxylation is 1. The van der Waals surface area contributed by atoms with Gasteiger partial charge in [-0.2, -0.15) is 0 Å². The maximum Gasteiger partial charge on any atom is 0.303 e. The van der Waals surface area contributed by atoms with Crippen LogP contribution >= 0.6 is 0 Å². The van der Waals surface area contributed by atoms with Gasteiger partial charge in [-0.3, -0.25) is 4.79 Å². The number of carbonyl (C=O) groups is 1. The summed E-state index contributed by atoms with van der Waals surface area (Å²) < 4.78 is 5.87. The number of ether oxygens (including phenoxy) is 1. The number of oxime groups is 1. The van der Waals surface area contributed by atoms with Crippen molar-refractivity contribution >= 4 is 11.7 Å². The Morgan fingerprint density at radius 1 is 0.897 bits per heavy atom. The lowest BCUT2D eigenvalue weighted by Gasteiger charge is -2.10. The molecule has 0 bridgehead atoms. The van der Waals surface area contributed by atoms with Gasteiger partial charge in [-0.15, -0.1) is 0 Å². The molecule has 3 aromatic carbocycles. The molecule has 0 fully saturated rings. The SMILES string of the molecule is CO/N=C(/COc1ccc(-c2ccc(CCC(=O)O)cc2)cc1)c1ccccc1. The van der Waals surface area contributed by atoms with Gasteiger partial charge in [0.05, 0.1) is 0 Å². The smallest absolute Gasteiger partial charge is 0.303 e. The number of hydrogen-bond donors (Lipinski definition) is 1. The molecule has 5 nitrogen and oxygen atoms in total. The third kappa shape index (κ3) is 5.94. The standard InChI is InChI=1S/C24H23NO4/c1-28-25-23(21-5-3-2-4-6-21)17-29-22-14-12-20(13-15-22)19-10-7-18(8-11-19)9-16-24(26)27/h2-8,10-15H,9,16-17H2,1H3,(H,26,27)/b25-23-. The lowest BCUT2D eigenvalue weighted by Crippen LogP contribution is -2.13. The molecular formula is C24H23NO4. The fourth-order valence-electron chi connectivity index (χ4n) is 2.91. The zero-order valence-electron chi connectivity index (χ0n) is 16.2. The summed E-state index contributed by atoms with van der Waals surface area (Å²) in [5, 5.41) is 12.8. The maximum absolute atomic E-state index is 10.7. The van der Waals surface area contributed by atoms with Crippen LogP contribution in [0, 0.1) is 0 Å². The van der Waals surface area contributed by atoms with E-state index in [1.807, 2.05) is 78.9 Å². The molecule has 0 unspecified atom stereocenters. The molecule has 0 atom stereocenters. The molecule has 29 heavy (non-hydrogen) atoms. The first-order valence-electron chi connectivity index (χ1n) is 9.35. The third-order valence-electron chi connectivity index (χ3n) is 4.45. The van der Waals surface area contributed by atoms with E-state index in [1.165, 1.54) is 7.11 Å². The van der Waals surface area contributed by atoms with E-state index < -0.39 is 5.97 Å². The van der Waals surface area contributed by atoms with E-state index in [4.69, 9.17) is 14.7 Å². The van der Waals surface area contributed by atoms with Crippen molar-refractivity contribution < 1.29 is 19.5 Å². The van der Waals surface area contributed by atoms with Gasteiger partial charge in [-0.25, -0.2) is 0 Å². The molecule has 0 radical (unpaired) electrons. The van der Waals surface area contributed by atoms with Crippen LogP contribution in [-0.4, -0.2) is 30.5 Å². The Labute approximate surface area is 170 Å². The van der Waals surface area contributed by atoms with Gasteiger partial charge in [-0.05, 0) is 35.2 Å². The van der Waals surface area contributed by atoms with Crippen LogP contribution in [0.2, 0.25) is 0 Å². The van der Waals surface area contributed by atoms with E-state index in [-0.39, 0.29) is 6.42 Å². The molecule has 0 aliphatic heterocycles. The van der Waals surface area contributed by atoms with E-state index in [0.717, 1.165) is 28.0 Å². The second kappa shape index (κ2) is 10.1. The highest BCUT2D eigenvalue weighted by atomic mass is 16.6. The lowest BCUT2D eigenvalue weighted by molar-refractivity contribution is -0.136. The molecule has 0 saturated heterocycles. The van der Waals surface area contributed by atoms with E-state index >= 15 is 0 Å². The van der Waals surface area contributed by atoms with Crippen LogP contribution in [0.25, 0.3) is 11.1 Å². The predicted molar refractivity (Wildman–Crippen MR) is 113 cm³/mol. The molecular weight excluding hydrogens is 366 g/mol. The van der Waals surface area contributed by atoms with Crippen molar-refractivity contribution in [3.05, 3.63) is 90.0 Å². The summed E-state index contributed by atoms with van der Waals surface area (Å²) in [5.74, 6) is -0.0396. The predicted octanol–water partition coefficient (Wildman–Crippen LogP) is 4.80. The number of nitrogens with zero attached hydrogens (tertiary/aromatic N) is 1. The van der Waals surface area contributed by atoms with Crippen LogP contribution in [0.3, 0.4) is 0 Å². The van der Waals surface area contributed by atoms with Crippen molar-refractivity contribution in [1.82, 2.24) is 0 Å². The number of benzene rings is 3. The van der Waals surface area contributed by atoms with E-state index in [9.17, 15) is 4.79 Å². The largest absolute Gasteiger partial charge is 0.487 e. The van der Waals surface area contributed by atoms with Crippen molar-refractivity contribution in [3.63, 3.8) is 0 Å². The highest BCUT2D eigenvalue weighted by Crippen LogP contribution is 2.23. The van der Waals surface area contributed by atoms with E-state index in [2.05, 4.69) is 5.16 Å². The minimum Gasteiger partial charge on any atom is -0.487 e. The normalized spacial score (nSPS) is 11.1. The zero-order chi connectivity index (χ0) is 20.5. The Bertz CT molecular complexity index is 948. The summed E-state index contributed by atoms with van der Waals surface area (Å²) in [5.41, 5.74) is 4.82. The first kappa shape index (κ1) is 20.1. The highest BCUT2D eigenvalue weighted by Gasteiger charge is 2.06. The van der Waals surface area contributed by atoms with Crippen molar-refractivity contribution in [2.45, 2.75) is 12.8 Å². The number of carboxylic acid groups (broad SMARTS) is 1. The molecule has 0 aliphatic rings. The van der Waals surface area contributed by atoms with Gasteiger partial charge < -0.3 is 14.7 Å². The molecule has 5 heteroatoms. The Morgan fingerprint density at radius 3 is 2.10 bits per heavy atom. The van der Waals surface area contributed by atoms with Crippen molar-refractivity contribution in [1.29, 1.82) is 0 Å². The highest BCUT2D eigenvalue weighted by molar-refractivity contribution is 6.01. The summed E-state index contributed by atoms with van der Waals surface area (Å²) in [7, 11) is 1.52. The number of aliphatic carboxylic acids is 1. The van der Waals surface area contributed by atoms with Crippen LogP contribution < -0.4 is 4.74 Å². The molecule has 0 aromatic heterocycles. The second-order valence-corrected chi connectivity index (χ2v) is 6.49. The monoisotopic (exact) mass is 389 g/mol. The molecule has 0 spiro atoms. The topological polar surface area (TPSA) is 68.1 Å². The van der Waals surface area contributed by atoms with Gasteiger partial charge in [0.25, 0.3) is 0 Å². The molecule has 3 aromatic rings. The lowest BCUT2D eigenvalue weighted by atomic mass is 10.0. The first-order chi connectivity index (χ1) is 14.2. The number of hydrogen-bond acceptors (Lipinski definition) is 4. The average Bonchev–Trinajstić information content (AvgIpc) is 2.76. The van der Waals surface area contributed by atoms with Gasteiger partial charge in [-0.1, -0.05) is 71.9 Å². The van der Waals surface area contributed by atoms with Crippen LogP contribution in [0.1, 0.15) is 17.5 Å². The van der Waals surface area contributed by atoms with Crippen LogP contribution in [-0.2, 0) is 16.1 Å². The van der Waals surface area contributed by atoms with Gasteiger partial charge in [0.15, 0.2) is 0 Å². The Kier molecular flexibility index (Phi) is 7.00. The van der Waals surface area contributed by atoms with Crippen molar-refractivity contribution in [3.8, 4) is 16.9 Å². The fraction of sp³-hybridized carbons (Fsp3) is 0.167. The second-order valence-electron chi connectivity index (χ2n) is 6.49. The third-order valence-corrected chi connectivity index (χ3v) is 4.45. The molecule has 0 heterocycles. The molecule has 0 saturated carbocycles. The van der Waals surface area contributed by atoms with Gasteiger partial charge in [0.2, 0.25) is 0 Å². The van der Waals surface area contributed by atoms with E-state index in [1.54, 1.807) is 0 Å². The van der Waals surface area contributed by atoms with Gasteiger partial charge >= 0.3 is 5.97 Å². The Hall–Kier alpha value is -3.60. The quantitative estimate of drug-likeness (QED) is 0.422. The van der Waals surface area contributed by atoms with Crippen LogP contribution in [0.4, 0.5) is 0 Å². The fourth-order valence-corrected chi connectivity index (χ4v) is 2.91. The summed E-state index contributed by atoms with van der Waals surface area (Å²) >= 11 is 0. The molecule has 1 N–H and O–H groups in total. The average molecular weight is 389 g/mol. The molecule has 148 valence electrons. The minimum atomic E-state index is -0.782. The van der Waals surface area contributed by atoms with Crippen molar-refractivity contribution in [2.75, 3.05) is 13.7 Å². The summed E-state index contributed by atoms with van der Waals surface area (Å²) in [6, 6.07) is 25.6. The van der Waals surface area contributed by atoms with Crippen LogP contribution in [0.5, 0.6) is 5.75 Å². The molecule has 0 aliphatic carbocycles. The first-order valence-corrected chi connectivity index (χ1v) is 9.35. The summed E-state index contributed by atoms with van der Waals surface area (Å²) in [6.45, 7) is 0.301. The summed E-state index contributed by atoms with van der Waals surface area (Å²) in [4.78, 5) is 15.6. The number of rotatable bonds is 9. The maximum atomic E-state index is 10.7.